The normalized spacial score (nSPS) is 10.3. The van der Waals surface area contributed by atoms with Crippen LogP contribution in [0.4, 0.5) is 10.1 Å². The van der Waals surface area contributed by atoms with Gasteiger partial charge in [0, 0.05) is 22.2 Å². The maximum absolute atomic E-state index is 13.5. The lowest BCUT2D eigenvalue weighted by atomic mass is 10.2. The second-order valence-electron chi connectivity index (χ2n) is 3.86. The van der Waals surface area contributed by atoms with Crippen molar-refractivity contribution in [2.24, 2.45) is 0 Å². The molecular formula is C13H8BrClFNO3. The van der Waals surface area contributed by atoms with Crippen molar-refractivity contribution in [2.75, 3.05) is 0 Å². The molecule has 0 unspecified atom stereocenters. The first kappa shape index (κ1) is 14.7. The molecule has 0 atom stereocenters. The molecule has 2 aromatic rings. The summed E-state index contributed by atoms with van der Waals surface area (Å²) in [4.78, 5) is 9.75. The average molecular weight is 361 g/mol. The molecule has 0 aliphatic rings. The van der Waals surface area contributed by atoms with Gasteiger partial charge in [0.05, 0.1) is 10.8 Å². The fourth-order valence-corrected chi connectivity index (χ4v) is 2.12. The average Bonchev–Trinajstić information content (AvgIpc) is 2.38. The molecule has 0 N–H and O–H groups in total. The minimum atomic E-state index is -0.949. The Balaban J connectivity index is 2.33. The van der Waals surface area contributed by atoms with Crippen molar-refractivity contribution in [2.45, 2.75) is 5.88 Å². The van der Waals surface area contributed by atoms with Gasteiger partial charge in [0.15, 0.2) is 0 Å². The van der Waals surface area contributed by atoms with E-state index in [1.165, 1.54) is 6.07 Å². The van der Waals surface area contributed by atoms with Crippen LogP contribution < -0.4 is 4.74 Å². The number of nitro benzene ring substituents is 1. The Hall–Kier alpha value is -1.66. The zero-order chi connectivity index (χ0) is 14.7. The zero-order valence-electron chi connectivity index (χ0n) is 9.98. The minimum absolute atomic E-state index is 0.164. The van der Waals surface area contributed by atoms with Gasteiger partial charge in [-0.25, -0.2) is 0 Å². The number of nitro groups is 1. The van der Waals surface area contributed by atoms with Gasteiger partial charge in [0.25, 0.3) is 0 Å². The summed E-state index contributed by atoms with van der Waals surface area (Å²) in [6.07, 6.45) is 0. The van der Waals surface area contributed by atoms with Crippen molar-refractivity contribution >= 4 is 33.2 Å². The lowest BCUT2D eigenvalue weighted by molar-refractivity contribution is -0.387. The molecule has 0 aliphatic carbocycles. The fraction of sp³-hybridized carbons (Fsp3) is 0.0769. The van der Waals surface area contributed by atoms with Crippen LogP contribution in [-0.2, 0) is 5.88 Å². The Morgan fingerprint density at radius 1 is 1.30 bits per heavy atom. The number of alkyl halides is 1. The predicted molar refractivity (Wildman–Crippen MR) is 76.8 cm³/mol. The summed E-state index contributed by atoms with van der Waals surface area (Å²) in [5.74, 6) is -0.0898. The highest BCUT2D eigenvalue weighted by molar-refractivity contribution is 9.10. The number of hydrogen-bond donors (Lipinski definition) is 0. The van der Waals surface area contributed by atoms with Gasteiger partial charge in [0.1, 0.15) is 11.5 Å². The fourth-order valence-electron chi connectivity index (χ4n) is 1.56. The highest BCUT2D eigenvalue weighted by Gasteiger charge is 2.15. The van der Waals surface area contributed by atoms with Gasteiger partial charge < -0.3 is 4.74 Å². The number of nitrogens with zero attached hydrogens (tertiary/aromatic N) is 1. The van der Waals surface area contributed by atoms with E-state index in [1.807, 2.05) is 0 Å². The van der Waals surface area contributed by atoms with E-state index in [9.17, 15) is 14.5 Å². The summed E-state index contributed by atoms with van der Waals surface area (Å²) >= 11 is 9.09. The Kier molecular flexibility index (Phi) is 4.57. The van der Waals surface area contributed by atoms with Crippen molar-refractivity contribution in [3.8, 4) is 11.5 Å². The lowest BCUT2D eigenvalue weighted by Crippen LogP contribution is -1.94. The van der Waals surface area contributed by atoms with Crippen molar-refractivity contribution in [1.82, 2.24) is 0 Å². The van der Waals surface area contributed by atoms with E-state index in [0.717, 1.165) is 22.2 Å². The van der Waals surface area contributed by atoms with Gasteiger partial charge in [-0.2, -0.15) is 4.39 Å². The molecule has 104 valence electrons. The first-order chi connectivity index (χ1) is 9.51. The van der Waals surface area contributed by atoms with Crippen LogP contribution in [0.3, 0.4) is 0 Å². The molecule has 4 nitrogen and oxygen atoms in total. The van der Waals surface area contributed by atoms with Crippen LogP contribution in [0.25, 0.3) is 0 Å². The maximum atomic E-state index is 13.5. The van der Waals surface area contributed by atoms with Crippen LogP contribution in [0.15, 0.2) is 40.9 Å². The smallest absolute Gasteiger partial charge is 0.305 e. The molecule has 0 saturated heterocycles. The number of rotatable bonds is 4. The number of halogens is 3. The monoisotopic (exact) mass is 359 g/mol. The number of hydrogen-bond acceptors (Lipinski definition) is 3. The van der Waals surface area contributed by atoms with Crippen LogP contribution in [0.2, 0.25) is 0 Å². The van der Waals surface area contributed by atoms with Crippen molar-refractivity contribution in [3.63, 3.8) is 0 Å². The Labute approximate surface area is 127 Å². The second-order valence-corrected chi connectivity index (χ2v) is 5.04. The molecule has 0 heterocycles. The van der Waals surface area contributed by atoms with Crippen LogP contribution in [0, 0.1) is 15.9 Å². The Morgan fingerprint density at radius 3 is 2.65 bits per heavy atom. The SMILES string of the molecule is O=[N+]([O-])c1ccc(Oc2cc(Br)ccc2CCl)cc1F. The summed E-state index contributed by atoms with van der Waals surface area (Å²) in [5, 5.41) is 10.5. The third kappa shape index (κ3) is 3.26. The van der Waals surface area contributed by atoms with Crippen molar-refractivity contribution in [3.05, 3.63) is 62.4 Å². The summed E-state index contributed by atoms with van der Waals surface area (Å²) in [6, 6.07) is 8.63. The maximum Gasteiger partial charge on any atom is 0.305 e. The quantitative estimate of drug-likeness (QED) is 0.436. The summed E-state index contributed by atoms with van der Waals surface area (Å²) < 4.78 is 19.8. The van der Waals surface area contributed by atoms with E-state index in [4.69, 9.17) is 16.3 Å². The van der Waals surface area contributed by atoms with E-state index in [-0.39, 0.29) is 11.6 Å². The minimum Gasteiger partial charge on any atom is -0.457 e. The van der Waals surface area contributed by atoms with Crippen molar-refractivity contribution < 1.29 is 14.1 Å². The number of benzene rings is 2. The van der Waals surface area contributed by atoms with Crippen LogP contribution in [-0.4, -0.2) is 4.92 Å². The predicted octanol–water partition coefficient (Wildman–Crippen LogP) is 5.03. The molecule has 7 heteroatoms. The molecular weight excluding hydrogens is 353 g/mol. The van der Waals surface area contributed by atoms with E-state index in [0.29, 0.717) is 5.75 Å². The molecule has 2 rings (SSSR count). The van der Waals surface area contributed by atoms with Crippen molar-refractivity contribution in [1.29, 1.82) is 0 Å². The van der Waals surface area contributed by atoms with Gasteiger partial charge in [-0.05, 0) is 18.2 Å². The molecule has 0 aromatic heterocycles. The van der Waals surface area contributed by atoms with E-state index in [1.54, 1.807) is 18.2 Å². The van der Waals surface area contributed by atoms with Gasteiger partial charge >= 0.3 is 5.69 Å². The van der Waals surface area contributed by atoms with Gasteiger partial charge in [-0.1, -0.05) is 22.0 Å². The highest BCUT2D eigenvalue weighted by Crippen LogP contribution is 2.31. The molecule has 0 fully saturated rings. The van der Waals surface area contributed by atoms with E-state index >= 15 is 0 Å². The van der Waals surface area contributed by atoms with Crippen LogP contribution in [0.1, 0.15) is 5.56 Å². The van der Waals surface area contributed by atoms with Gasteiger partial charge in [0.2, 0.25) is 5.82 Å². The first-order valence-corrected chi connectivity index (χ1v) is 6.80. The third-order valence-electron chi connectivity index (χ3n) is 2.52. The topological polar surface area (TPSA) is 52.4 Å². The largest absolute Gasteiger partial charge is 0.457 e. The van der Waals surface area contributed by atoms with E-state index in [2.05, 4.69) is 15.9 Å². The molecule has 2 aromatic carbocycles. The van der Waals surface area contributed by atoms with Crippen LogP contribution >= 0.6 is 27.5 Å². The summed E-state index contributed by atoms with van der Waals surface area (Å²) in [6.45, 7) is 0. The molecule has 0 amide bonds. The van der Waals surface area contributed by atoms with Crippen LogP contribution in [0.5, 0.6) is 11.5 Å². The zero-order valence-corrected chi connectivity index (χ0v) is 12.3. The first-order valence-electron chi connectivity index (χ1n) is 5.47. The van der Waals surface area contributed by atoms with Gasteiger partial charge in [-0.15, -0.1) is 11.6 Å². The molecule has 0 aliphatic heterocycles. The molecule has 0 spiro atoms. The third-order valence-corrected chi connectivity index (χ3v) is 3.30. The molecule has 0 radical (unpaired) electrons. The highest BCUT2D eigenvalue weighted by atomic mass is 79.9. The molecule has 0 bridgehead atoms. The molecule has 0 saturated carbocycles. The van der Waals surface area contributed by atoms with E-state index < -0.39 is 16.4 Å². The summed E-state index contributed by atoms with van der Waals surface area (Å²) in [7, 11) is 0. The standard InChI is InChI=1S/C13H8BrClFNO3/c14-9-2-1-8(7-15)13(5-9)20-10-3-4-12(17(18)19)11(16)6-10/h1-6H,7H2. The molecule has 20 heavy (non-hydrogen) atoms. The second kappa shape index (κ2) is 6.19. The number of ether oxygens (including phenoxy) is 1. The summed E-state index contributed by atoms with van der Waals surface area (Å²) in [5.41, 5.74) is 0.137. The Bertz CT molecular complexity index is 666. The van der Waals surface area contributed by atoms with Gasteiger partial charge in [-0.3, -0.25) is 10.1 Å². The Morgan fingerprint density at radius 2 is 2.05 bits per heavy atom. The lowest BCUT2D eigenvalue weighted by Gasteiger charge is -2.10.